The van der Waals surface area contributed by atoms with Gasteiger partial charge in [0.1, 0.15) is 0 Å². The summed E-state index contributed by atoms with van der Waals surface area (Å²) in [6, 6.07) is 0. The molecule has 0 aliphatic carbocycles. The molecule has 0 aliphatic heterocycles. The Labute approximate surface area is 205 Å². The van der Waals surface area contributed by atoms with E-state index in [-0.39, 0.29) is 0 Å². The fraction of sp³-hybridized carbons (Fsp3) is 1.00. The summed E-state index contributed by atoms with van der Waals surface area (Å²) >= 11 is 0. The molecule has 6 N–H and O–H groups in total. The van der Waals surface area contributed by atoms with Crippen molar-refractivity contribution in [1.82, 2.24) is 0 Å². The highest BCUT2D eigenvalue weighted by molar-refractivity contribution is 7.47. The van der Waals surface area contributed by atoms with E-state index in [4.69, 9.17) is 23.8 Å². The van der Waals surface area contributed by atoms with E-state index in [0.717, 1.165) is 64.2 Å². The third kappa shape index (κ3) is 59.5. The van der Waals surface area contributed by atoms with Gasteiger partial charge in [0, 0.05) is 26.1 Å². The molecular formula is C25H59N2O5P. The minimum atomic E-state index is -4.14. The van der Waals surface area contributed by atoms with Crippen molar-refractivity contribution in [1.29, 1.82) is 0 Å². The zero-order chi connectivity index (χ0) is 25.8. The first-order valence-electron chi connectivity index (χ1n) is 13.3. The van der Waals surface area contributed by atoms with Crippen molar-refractivity contribution < 1.29 is 35.3 Å². The number of hydrogen-bond donors (Lipinski definition) is 2. The maximum atomic E-state index is 9.10. The van der Waals surface area contributed by atoms with Gasteiger partial charge in [-0.2, -0.15) is 0 Å². The van der Waals surface area contributed by atoms with Crippen LogP contribution in [0.3, 0.4) is 0 Å². The van der Waals surface area contributed by atoms with Crippen molar-refractivity contribution in [3.05, 3.63) is 0 Å². The first kappa shape index (κ1) is 37.5. The van der Waals surface area contributed by atoms with E-state index in [2.05, 4.69) is 39.2 Å². The number of rotatable bonds is 20. The molecule has 0 spiro atoms. The van der Waals surface area contributed by atoms with Crippen LogP contribution in [0.15, 0.2) is 0 Å². The molecular weight excluding hydrogens is 439 g/mol. The monoisotopic (exact) mass is 498 g/mol. The maximum Gasteiger partial charge on any atom is 0.0762 e. The minimum absolute atomic E-state index is 0.632. The Balaban J connectivity index is -0.000000453. The van der Waals surface area contributed by atoms with Crippen molar-refractivity contribution in [2.45, 2.75) is 105 Å². The standard InChI is InChI=1S/2C12H27NO.CH5O3P/c2*1-12(2)8-5-3-4-6-10-14-11-7-9-13;1-5(2,3)4/h2*12H,3-11,13H2,1-2H3;1H3,(H2,2,3,4). The Morgan fingerprint density at radius 2 is 0.879 bits per heavy atom. The molecule has 0 unspecified atom stereocenters. The first-order chi connectivity index (χ1) is 15.5. The van der Waals surface area contributed by atoms with Crippen molar-refractivity contribution in [2.24, 2.45) is 11.8 Å². The molecule has 0 amide bonds. The number of unbranched alkanes of at least 4 members (excludes halogenated alkanes) is 6. The van der Waals surface area contributed by atoms with Crippen LogP contribution in [0.25, 0.3) is 0 Å². The zero-order valence-electron chi connectivity index (χ0n) is 22.8. The van der Waals surface area contributed by atoms with Crippen LogP contribution in [0.1, 0.15) is 105 Å². The Kier molecular flexibility index (Phi) is 34.1. The van der Waals surface area contributed by atoms with Gasteiger partial charge >= 0.3 is 0 Å². The summed E-state index contributed by atoms with van der Waals surface area (Å²) in [4.78, 5) is 18.2. The lowest BCUT2D eigenvalue weighted by atomic mass is 10.0. The van der Waals surface area contributed by atoms with Gasteiger partial charge in [-0.1, -0.05) is 86.7 Å². The third-order valence-corrected chi connectivity index (χ3v) is 4.72. The highest BCUT2D eigenvalue weighted by atomic mass is 31.2. The molecule has 0 aromatic carbocycles. The van der Waals surface area contributed by atoms with Crippen LogP contribution in [0.4, 0.5) is 0 Å². The largest absolute Gasteiger partial charge is 0.811 e. The average molecular weight is 499 g/mol. The van der Waals surface area contributed by atoms with E-state index < -0.39 is 7.60 Å². The third-order valence-electron chi connectivity index (χ3n) is 4.72. The SMILES string of the molecule is CC(C)CCCCCCOCCC[NH3+].CC(C)CCCCCCOCCC[NH3+].CP(=O)([O-])[O-]. The molecule has 8 heteroatoms. The number of quaternary nitrogens is 2. The summed E-state index contributed by atoms with van der Waals surface area (Å²) in [6.07, 6.45) is 15.6. The van der Waals surface area contributed by atoms with E-state index in [0.29, 0.717) is 6.66 Å². The molecule has 0 saturated heterocycles. The van der Waals surface area contributed by atoms with Crippen LogP contribution >= 0.6 is 7.60 Å². The Hall–Kier alpha value is -0.0100. The normalized spacial score (nSPS) is 11.2. The predicted molar refractivity (Wildman–Crippen MR) is 136 cm³/mol. The molecule has 0 atom stereocenters. The fourth-order valence-electron chi connectivity index (χ4n) is 2.83. The van der Waals surface area contributed by atoms with Gasteiger partial charge < -0.3 is 35.3 Å². The average Bonchev–Trinajstić information content (AvgIpc) is 2.70. The molecule has 0 rings (SSSR count). The van der Waals surface area contributed by atoms with E-state index in [1.807, 2.05) is 0 Å². The molecule has 0 fully saturated rings. The molecule has 33 heavy (non-hydrogen) atoms. The molecule has 0 radical (unpaired) electrons. The maximum absolute atomic E-state index is 9.10. The summed E-state index contributed by atoms with van der Waals surface area (Å²) in [7, 11) is -4.14. The Morgan fingerprint density at radius 3 is 1.15 bits per heavy atom. The molecule has 7 nitrogen and oxygen atoms in total. The van der Waals surface area contributed by atoms with Crippen molar-refractivity contribution in [2.75, 3.05) is 46.2 Å². The smallest absolute Gasteiger partial charge is 0.0762 e. The lowest BCUT2D eigenvalue weighted by Gasteiger charge is -2.22. The lowest BCUT2D eigenvalue weighted by Crippen LogP contribution is -2.50. The predicted octanol–water partition coefficient (Wildman–Crippen LogP) is 3.01. The van der Waals surface area contributed by atoms with Gasteiger partial charge in [-0.05, 0) is 31.3 Å². The van der Waals surface area contributed by atoms with Gasteiger partial charge in [0.25, 0.3) is 0 Å². The highest BCUT2D eigenvalue weighted by Gasteiger charge is 1.95. The molecule has 0 aliphatic rings. The molecule has 0 heterocycles. The van der Waals surface area contributed by atoms with Crippen molar-refractivity contribution >= 4 is 7.60 Å². The van der Waals surface area contributed by atoms with Gasteiger partial charge in [-0.15, -0.1) is 0 Å². The summed E-state index contributed by atoms with van der Waals surface area (Å²) < 4.78 is 20.0. The summed E-state index contributed by atoms with van der Waals surface area (Å²) in [5.74, 6) is 1.73. The highest BCUT2D eigenvalue weighted by Crippen LogP contribution is 2.12. The van der Waals surface area contributed by atoms with Crippen molar-refractivity contribution in [3.8, 4) is 0 Å². The van der Waals surface area contributed by atoms with Gasteiger partial charge in [0.05, 0.1) is 26.3 Å². The summed E-state index contributed by atoms with van der Waals surface area (Å²) in [6.45, 7) is 15.5. The van der Waals surface area contributed by atoms with Crippen LogP contribution < -0.4 is 21.3 Å². The van der Waals surface area contributed by atoms with E-state index in [1.54, 1.807) is 0 Å². The Morgan fingerprint density at radius 1 is 0.606 bits per heavy atom. The number of hydrogen-bond acceptors (Lipinski definition) is 5. The number of ether oxygens (including phenoxy) is 2. The van der Waals surface area contributed by atoms with Gasteiger partial charge in [-0.25, -0.2) is 0 Å². The molecule has 0 saturated carbocycles. The van der Waals surface area contributed by atoms with Crippen LogP contribution in [-0.2, 0) is 14.0 Å². The quantitative estimate of drug-likeness (QED) is 0.196. The van der Waals surface area contributed by atoms with Gasteiger partial charge in [0.15, 0.2) is 0 Å². The van der Waals surface area contributed by atoms with Gasteiger partial charge in [-0.3, -0.25) is 0 Å². The van der Waals surface area contributed by atoms with Crippen LogP contribution in [0.5, 0.6) is 0 Å². The second-order valence-electron chi connectivity index (χ2n) is 9.60. The van der Waals surface area contributed by atoms with Crippen LogP contribution in [0.2, 0.25) is 0 Å². The second kappa shape index (κ2) is 30.0. The molecule has 0 bridgehead atoms. The van der Waals surface area contributed by atoms with Crippen LogP contribution in [0, 0.1) is 11.8 Å². The molecule has 0 aromatic rings. The van der Waals surface area contributed by atoms with Crippen molar-refractivity contribution in [3.63, 3.8) is 0 Å². The van der Waals surface area contributed by atoms with E-state index in [9.17, 15) is 0 Å². The molecule has 204 valence electrons. The van der Waals surface area contributed by atoms with Crippen LogP contribution in [-0.4, -0.2) is 46.2 Å². The van der Waals surface area contributed by atoms with E-state index in [1.165, 1.54) is 64.2 Å². The minimum Gasteiger partial charge on any atom is -0.811 e. The lowest BCUT2D eigenvalue weighted by molar-refractivity contribution is -0.369. The summed E-state index contributed by atoms with van der Waals surface area (Å²) in [5.41, 5.74) is 7.56. The van der Waals surface area contributed by atoms with E-state index >= 15 is 0 Å². The zero-order valence-corrected chi connectivity index (χ0v) is 23.7. The fourth-order valence-corrected chi connectivity index (χ4v) is 2.83. The topological polar surface area (TPSA) is 137 Å². The van der Waals surface area contributed by atoms with Gasteiger partial charge in [0.2, 0.25) is 0 Å². The molecule has 0 aromatic heterocycles. The first-order valence-corrected chi connectivity index (χ1v) is 15.3. The summed E-state index contributed by atoms with van der Waals surface area (Å²) in [5, 5.41) is 0. The second-order valence-corrected chi connectivity index (χ2v) is 11.1. The Bertz CT molecular complexity index is 359.